The molecule has 4 rings (SSSR count). The minimum Gasteiger partial charge on any atom is -0.356 e. The van der Waals surface area contributed by atoms with Gasteiger partial charge in [-0.05, 0) is 29.9 Å². The molecule has 4 atom stereocenters. The normalized spacial score (nSPS) is 27.7. The number of rotatable bonds is 6. The van der Waals surface area contributed by atoms with Crippen molar-refractivity contribution in [3.8, 4) is 0 Å². The van der Waals surface area contributed by atoms with Crippen molar-refractivity contribution in [3.63, 3.8) is 0 Å². The summed E-state index contributed by atoms with van der Waals surface area (Å²) >= 11 is 6.36. The van der Waals surface area contributed by atoms with Crippen molar-refractivity contribution in [3.05, 3.63) is 47.0 Å². The Labute approximate surface area is 182 Å². The van der Waals surface area contributed by atoms with E-state index < -0.39 is 0 Å². The Kier molecular flexibility index (Phi) is 5.62. The summed E-state index contributed by atoms with van der Waals surface area (Å²) < 4.78 is 0. The minimum absolute atomic E-state index is 0.00792. The van der Waals surface area contributed by atoms with Crippen LogP contribution in [0.15, 0.2) is 41.4 Å². The highest BCUT2D eigenvalue weighted by Crippen LogP contribution is 2.52. The molecule has 1 aliphatic heterocycles. The molecule has 7 heteroatoms. The number of carbonyl (C=O) groups excluding carboxylic acids is 2. The van der Waals surface area contributed by atoms with Crippen molar-refractivity contribution < 1.29 is 9.59 Å². The van der Waals surface area contributed by atoms with Gasteiger partial charge in [0.1, 0.15) is 0 Å². The lowest BCUT2D eigenvalue weighted by Gasteiger charge is -2.28. The van der Waals surface area contributed by atoms with E-state index in [4.69, 9.17) is 11.6 Å². The van der Waals surface area contributed by atoms with Crippen LogP contribution < -0.4 is 10.6 Å². The molecule has 1 saturated heterocycles. The number of likely N-dealkylation sites (tertiary alicyclic amines) is 1. The van der Waals surface area contributed by atoms with Crippen LogP contribution in [0.4, 0.5) is 0 Å². The summed E-state index contributed by atoms with van der Waals surface area (Å²) in [5.74, 6) is 0.837. The molecule has 1 heterocycles. The summed E-state index contributed by atoms with van der Waals surface area (Å²) in [4.78, 5) is 31.2. The summed E-state index contributed by atoms with van der Waals surface area (Å²) in [6, 6.07) is 7.83. The number of nitrogens with one attached hydrogen (secondary N) is 2. The first-order valence-electron chi connectivity index (χ1n) is 10.6. The molecule has 2 aliphatic carbocycles. The van der Waals surface area contributed by atoms with E-state index in [1.807, 2.05) is 24.3 Å². The molecule has 4 unspecified atom stereocenters. The largest absolute Gasteiger partial charge is 0.356 e. The number of allylic oxidation sites excluding steroid dienone is 2. The number of aliphatic imine (C=N–C) groups is 1. The molecule has 1 aromatic rings. The number of carbonyl (C=O) groups is 2. The molecule has 2 bridgehead atoms. The molecular formula is C23H29ClN4O2. The Morgan fingerprint density at radius 2 is 1.77 bits per heavy atom. The monoisotopic (exact) mass is 428 g/mol. The van der Waals surface area contributed by atoms with Crippen LogP contribution in [-0.4, -0.2) is 49.4 Å². The zero-order chi connectivity index (χ0) is 21.5. The van der Waals surface area contributed by atoms with Crippen molar-refractivity contribution in [2.45, 2.75) is 25.7 Å². The highest BCUT2D eigenvalue weighted by Gasteiger charge is 2.58. The summed E-state index contributed by atoms with van der Waals surface area (Å²) in [5, 5.41) is 7.30. The van der Waals surface area contributed by atoms with Gasteiger partial charge in [0.2, 0.25) is 11.8 Å². The number of guanidine groups is 1. The maximum absolute atomic E-state index is 12.8. The third-order valence-corrected chi connectivity index (χ3v) is 7.04. The topological polar surface area (TPSA) is 73.8 Å². The van der Waals surface area contributed by atoms with Crippen LogP contribution >= 0.6 is 11.6 Å². The van der Waals surface area contributed by atoms with Crippen molar-refractivity contribution >= 4 is 29.4 Å². The van der Waals surface area contributed by atoms with Gasteiger partial charge in [0.25, 0.3) is 0 Å². The van der Waals surface area contributed by atoms with E-state index in [-0.39, 0.29) is 40.9 Å². The average Bonchev–Trinajstić information content (AvgIpc) is 3.40. The van der Waals surface area contributed by atoms with Gasteiger partial charge in [0, 0.05) is 37.1 Å². The van der Waals surface area contributed by atoms with Crippen LogP contribution in [0.2, 0.25) is 5.02 Å². The van der Waals surface area contributed by atoms with E-state index in [1.165, 1.54) is 4.90 Å². The molecule has 2 N–H and O–H groups in total. The van der Waals surface area contributed by atoms with E-state index in [0.29, 0.717) is 25.6 Å². The summed E-state index contributed by atoms with van der Waals surface area (Å²) in [6.07, 6.45) is 5.19. The number of imide groups is 1. The highest BCUT2D eigenvalue weighted by atomic mass is 35.5. The maximum Gasteiger partial charge on any atom is 0.233 e. The molecule has 6 nitrogen and oxygen atoms in total. The molecule has 30 heavy (non-hydrogen) atoms. The lowest BCUT2D eigenvalue weighted by Crippen LogP contribution is -2.46. The zero-order valence-corrected chi connectivity index (χ0v) is 18.4. The first-order chi connectivity index (χ1) is 14.3. The van der Waals surface area contributed by atoms with Gasteiger partial charge in [-0.25, -0.2) is 0 Å². The Balaban J connectivity index is 1.29. The number of hydrogen-bond donors (Lipinski definition) is 2. The zero-order valence-electron chi connectivity index (χ0n) is 17.7. The number of benzene rings is 1. The second-order valence-corrected chi connectivity index (χ2v) is 9.45. The SMILES string of the molecule is CN=C(NCCN1C(=O)C2C3C=CC(C3)C2C1=O)NCC(C)(C)c1ccccc1Cl. The molecule has 0 spiro atoms. The fourth-order valence-electron chi connectivity index (χ4n) is 5.10. The number of halogens is 1. The molecule has 3 aliphatic rings. The molecular weight excluding hydrogens is 400 g/mol. The van der Waals surface area contributed by atoms with Crippen LogP contribution in [0.3, 0.4) is 0 Å². The molecule has 0 aromatic heterocycles. The second kappa shape index (κ2) is 8.06. The van der Waals surface area contributed by atoms with Gasteiger partial charge in [-0.3, -0.25) is 19.5 Å². The third kappa shape index (κ3) is 3.62. The van der Waals surface area contributed by atoms with Crippen molar-refractivity contribution in [2.75, 3.05) is 26.7 Å². The predicted octanol–water partition coefficient (Wildman–Crippen LogP) is 2.59. The highest BCUT2D eigenvalue weighted by molar-refractivity contribution is 6.31. The van der Waals surface area contributed by atoms with Gasteiger partial charge >= 0.3 is 0 Å². The Bertz CT molecular complexity index is 880. The van der Waals surface area contributed by atoms with Gasteiger partial charge in [0.05, 0.1) is 11.8 Å². The lowest BCUT2D eigenvalue weighted by molar-refractivity contribution is -0.140. The first kappa shape index (κ1) is 20.9. The lowest BCUT2D eigenvalue weighted by atomic mass is 9.84. The van der Waals surface area contributed by atoms with Gasteiger partial charge in [-0.15, -0.1) is 0 Å². The minimum atomic E-state index is -0.194. The number of nitrogens with zero attached hydrogens (tertiary/aromatic N) is 2. The van der Waals surface area contributed by atoms with E-state index in [1.54, 1.807) is 7.05 Å². The van der Waals surface area contributed by atoms with E-state index in [2.05, 4.69) is 41.6 Å². The Morgan fingerprint density at radius 1 is 1.13 bits per heavy atom. The van der Waals surface area contributed by atoms with Crippen LogP contribution in [0, 0.1) is 23.7 Å². The van der Waals surface area contributed by atoms with Crippen LogP contribution in [0.5, 0.6) is 0 Å². The van der Waals surface area contributed by atoms with Crippen molar-refractivity contribution in [1.82, 2.24) is 15.5 Å². The Hall–Kier alpha value is -2.34. The number of hydrogen-bond acceptors (Lipinski definition) is 3. The number of amides is 2. The fraction of sp³-hybridized carbons (Fsp3) is 0.522. The van der Waals surface area contributed by atoms with Crippen molar-refractivity contribution in [2.24, 2.45) is 28.7 Å². The van der Waals surface area contributed by atoms with E-state index in [0.717, 1.165) is 17.0 Å². The third-order valence-electron chi connectivity index (χ3n) is 6.71. The standard InChI is InChI=1S/C23H29ClN4O2/c1-23(2,16-6-4-5-7-17(16)24)13-27-22(25-3)26-10-11-28-20(29)18-14-8-9-15(12-14)19(18)21(28)30/h4-9,14-15,18-19H,10-13H2,1-3H3,(H2,25,26,27). The summed E-state index contributed by atoms with van der Waals surface area (Å²) in [7, 11) is 1.71. The molecule has 1 aromatic carbocycles. The van der Waals surface area contributed by atoms with Crippen molar-refractivity contribution in [1.29, 1.82) is 0 Å². The van der Waals surface area contributed by atoms with E-state index >= 15 is 0 Å². The van der Waals surface area contributed by atoms with Crippen LogP contribution in [0.1, 0.15) is 25.8 Å². The van der Waals surface area contributed by atoms with Crippen LogP contribution in [0.25, 0.3) is 0 Å². The second-order valence-electron chi connectivity index (χ2n) is 9.04. The average molecular weight is 429 g/mol. The molecule has 1 saturated carbocycles. The number of fused-ring (bicyclic) bond motifs is 5. The summed E-state index contributed by atoms with van der Waals surface area (Å²) in [6.45, 7) is 5.70. The van der Waals surface area contributed by atoms with Crippen LogP contribution in [-0.2, 0) is 15.0 Å². The molecule has 0 radical (unpaired) electrons. The van der Waals surface area contributed by atoms with Gasteiger partial charge in [-0.2, -0.15) is 0 Å². The first-order valence-corrected chi connectivity index (χ1v) is 10.9. The molecule has 2 amide bonds. The van der Waals surface area contributed by atoms with E-state index in [9.17, 15) is 9.59 Å². The van der Waals surface area contributed by atoms with Gasteiger partial charge in [0.15, 0.2) is 5.96 Å². The predicted molar refractivity (Wildman–Crippen MR) is 118 cm³/mol. The van der Waals surface area contributed by atoms with Gasteiger partial charge < -0.3 is 10.6 Å². The molecule has 2 fully saturated rings. The fourth-order valence-corrected chi connectivity index (χ4v) is 5.49. The quantitative estimate of drug-likeness (QED) is 0.316. The van der Waals surface area contributed by atoms with Gasteiger partial charge in [-0.1, -0.05) is 55.8 Å². The Morgan fingerprint density at radius 3 is 2.37 bits per heavy atom. The smallest absolute Gasteiger partial charge is 0.233 e. The summed E-state index contributed by atoms with van der Waals surface area (Å²) in [5.41, 5.74) is 0.873. The molecule has 160 valence electrons. The maximum atomic E-state index is 12.8.